The Balaban J connectivity index is 0.000000884. The van der Waals surface area contributed by atoms with Gasteiger partial charge in [-0.15, -0.1) is 0 Å². The van der Waals surface area contributed by atoms with Crippen molar-refractivity contribution in [2.75, 3.05) is 13.1 Å². The SMILES string of the molecule is CC.CCC.CCCC1(C(=O)O)CCC(N2CCC(/C=C\c3ccccc3)C(C)C2)C1. The zero-order valence-corrected chi connectivity index (χ0v) is 20.9. The highest BCUT2D eigenvalue weighted by Gasteiger charge is 2.46. The fourth-order valence-electron chi connectivity index (χ4n) is 5.03. The normalized spacial score (nSPS) is 28.4. The Morgan fingerprint density at radius 2 is 1.81 bits per heavy atom. The molecule has 2 fully saturated rings. The van der Waals surface area contributed by atoms with Crippen LogP contribution in [0.5, 0.6) is 0 Å². The lowest BCUT2D eigenvalue weighted by molar-refractivity contribution is -0.149. The van der Waals surface area contributed by atoms with Crippen LogP contribution in [-0.2, 0) is 4.79 Å². The van der Waals surface area contributed by atoms with Crippen LogP contribution in [-0.4, -0.2) is 35.1 Å². The molecule has 31 heavy (non-hydrogen) atoms. The summed E-state index contributed by atoms with van der Waals surface area (Å²) in [6.07, 6.45) is 11.6. The highest BCUT2D eigenvalue weighted by atomic mass is 16.4. The van der Waals surface area contributed by atoms with E-state index in [9.17, 15) is 9.90 Å². The number of rotatable bonds is 6. The van der Waals surface area contributed by atoms with Crippen LogP contribution in [0.2, 0.25) is 0 Å². The van der Waals surface area contributed by atoms with E-state index in [1.54, 1.807) is 0 Å². The minimum atomic E-state index is -0.574. The minimum absolute atomic E-state index is 0.458. The third-order valence-corrected chi connectivity index (χ3v) is 6.62. The topological polar surface area (TPSA) is 40.5 Å². The Kier molecular flexibility index (Phi) is 12.8. The summed E-state index contributed by atoms with van der Waals surface area (Å²) < 4.78 is 0. The molecule has 1 N–H and O–H groups in total. The van der Waals surface area contributed by atoms with Crippen molar-refractivity contribution in [1.29, 1.82) is 0 Å². The summed E-state index contributed by atoms with van der Waals surface area (Å²) in [5.41, 5.74) is 0.802. The molecular formula is C28H47NO2. The largest absolute Gasteiger partial charge is 0.481 e. The van der Waals surface area contributed by atoms with Gasteiger partial charge in [-0.2, -0.15) is 0 Å². The molecule has 1 aliphatic carbocycles. The van der Waals surface area contributed by atoms with Crippen LogP contribution in [0.3, 0.4) is 0 Å². The van der Waals surface area contributed by atoms with Crippen LogP contribution < -0.4 is 0 Å². The van der Waals surface area contributed by atoms with Crippen LogP contribution in [0.15, 0.2) is 36.4 Å². The Morgan fingerprint density at radius 3 is 2.35 bits per heavy atom. The van der Waals surface area contributed by atoms with Crippen molar-refractivity contribution in [3.8, 4) is 0 Å². The smallest absolute Gasteiger partial charge is 0.309 e. The number of carboxylic acids is 1. The number of carboxylic acid groups (broad SMARTS) is 1. The molecule has 3 nitrogen and oxygen atoms in total. The van der Waals surface area contributed by atoms with Gasteiger partial charge in [-0.1, -0.05) is 96.9 Å². The first-order valence-corrected chi connectivity index (χ1v) is 12.7. The van der Waals surface area contributed by atoms with Crippen molar-refractivity contribution >= 4 is 12.0 Å². The average molecular weight is 430 g/mol. The van der Waals surface area contributed by atoms with E-state index in [0.717, 1.165) is 45.2 Å². The van der Waals surface area contributed by atoms with Gasteiger partial charge in [0.15, 0.2) is 0 Å². The summed E-state index contributed by atoms with van der Waals surface area (Å²) in [4.78, 5) is 14.4. The minimum Gasteiger partial charge on any atom is -0.481 e. The molecule has 3 rings (SSSR count). The molecule has 1 saturated heterocycles. The highest BCUT2D eigenvalue weighted by Crippen LogP contribution is 2.45. The Morgan fingerprint density at radius 1 is 1.16 bits per heavy atom. The van der Waals surface area contributed by atoms with Gasteiger partial charge in [0.05, 0.1) is 5.41 Å². The molecule has 4 unspecified atom stereocenters. The fraction of sp³-hybridized carbons (Fsp3) is 0.679. The Bertz CT molecular complexity index is 642. The van der Waals surface area contributed by atoms with E-state index < -0.39 is 11.4 Å². The van der Waals surface area contributed by atoms with Gasteiger partial charge in [0, 0.05) is 12.6 Å². The molecule has 1 aromatic rings. The quantitative estimate of drug-likeness (QED) is 0.508. The van der Waals surface area contributed by atoms with Crippen LogP contribution in [0.25, 0.3) is 6.08 Å². The Labute approximate surface area is 191 Å². The second kappa shape index (κ2) is 14.5. The van der Waals surface area contributed by atoms with E-state index in [2.05, 4.69) is 75.1 Å². The fourth-order valence-corrected chi connectivity index (χ4v) is 5.03. The maximum atomic E-state index is 11.9. The van der Waals surface area contributed by atoms with Crippen molar-refractivity contribution < 1.29 is 9.90 Å². The number of nitrogens with zero attached hydrogens (tertiary/aromatic N) is 1. The van der Waals surface area contributed by atoms with E-state index >= 15 is 0 Å². The van der Waals surface area contributed by atoms with Gasteiger partial charge in [0.1, 0.15) is 0 Å². The van der Waals surface area contributed by atoms with Gasteiger partial charge >= 0.3 is 5.97 Å². The molecular weight excluding hydrogens is 382 g/mol. The standard InChI is InChI=1S/C23H33NO2.C3H8.C2H6/c1-3-13-23(22(25)26)14-11-21(16-23)24-15-12-20(18(2)17-24)10-9-19-7-5-4-6-8-19;1-3-2;1-2/h4-10,18,20-21H,3,11-17H2,1-2H3,(H,25,26);3H2,1-2H3;1-2H3/b10-9-;;. The molecule has 1 aliphatic heterocycles. The number of allylic oxidation sites excluding steroid dienone is 1. The van der Waals surface area contributed by atoms with Crippen LogP contribution in [0.4, 0.5) is 0 Å². The maximum Gasteiger partial charge on any atom is 0.309 e. The first-order valence-electron chi connectivity index (χ1n) is 12.7. The molecule has 0 radical (unpaired) electrons. The second-order valence-electron chi connectivity index (χ2n) is 9.13. The molecule has 0 spiro atoms. The summed E-state index contributed by atoms with van der Waals surface area (Å²) in [6.45, 7) is 14.9. The van der Waals surface area contributed by atoms with E-state index in [-0.39, 0.29) is 0 Å². The van der Waals surface area contributed by atoms with E-state index in [0.29, 0.717) is 17.9 Å². The van der Waals surface area contributed by atoms with Crippen molar-refractivity contribution in [3.05, 3.63) is 42.0 Å². The molecule has 1 aromatic carbocycles. The summed E-state index contributed by atoms with van der Waals surface area (Å²) >= 11 is 0. The second-order valence-corrected chi connectivity index (χ2v) is 9.13. The predicted octanol–water partition coefficient (Wildman–Crippen LogP) is 7.52. The van der Waals surface area contributed by atoms with Gasteiger partial charge in [-0.3, -0.25) is 4.79 Å². The summed E-state index contributed by atoms with van der Waals surface area (Å²) in [6, 6.07) is 11.0. The lowest BCUT2D eigenvalue weighted by Crippen LogP contribution is -2.44. The molecule has 176 valence electrons. The molecule has 1 saturated carbocycles. The molecule has 0 aromatic heterocycles. The van der Waals surface area contributed by atoms with Gasteiger partial charge in [-0.05, 0) is 56.0 Å². The van der Waals surface area contributed by atoms with Crippen molar-refractivity contribution in [3.63, 3.8) is 0 Å². The lowest BCUT2D eigenvalue weighted by atomic mass is 9.81. The summed E-state index contributed by atoms with van der Waals surface area (Å²) in [5, 5.41) is 9.76. The molecule has 1 heterocycles. The van der Waals surface area contributed by atoms with E-state index in [1.165, 1.54) is 18.4 Å². The van der Waals surface area contributed by atoms with E-state index in [4.69, 9.17) is 0 Å². The summed E-state index contributed by atoms with van der Waals surface area (Å²) in [5.74, 6) is 0.665. The molecule has 2 aliphatic rings. The average Bonchev–Trinajstić information content (AvgIpc) is 3.21. The third-order valence-electron chi connectivity index (χ3n) is 6.62. The zero-order valence-electron chi connectivity index (χ0n) is 20.9. The first kappa shape index (κ1) is 27.4. The number of hydrogen-bond donors (Lipinski definition) is 1. The third kappa shape index (κ3) is 8.11. The van der Waals surface area contributed by atoms with Crippen molar-refractivity contribution in [2.45, 2.75) is 92.5 Å². The number of benzene rings is 1. The summed E-state index contributed by atoms with van der Waals surface area (Å²) in [7, 11) is 0. The zero-order chi connectivity index (χ0) is 23.3. The lowest BCUT2D eigenvalue weighted by Gasteiger charge is -2.39. The number of piperidine rings is 1. The van der Waals surface area contributed by atoms with Crippen molar-refractivity contribution in [2.24, 2.45) is 17.3 Å². The van der Waals surface area contributed by atoms with Crippen molar-refractivity contribution in [1.82, 2.24) is 4.90 Å². The number of aliphatic carboxylic acids is 1. The molecule has 0 amide bonds. The Hall–Kier alpha value is -1.61. The van der Waals surface area contributed by atoms with E-state index in [1.807, 2.05) is 13.8 Å². The van der Waals surface area contributed by atoms with Crippen LogP contribution in [0, 0.1) is 17.3 Å². The highest BCUT2D eigenvalue weighted by molar-refractivity contribution is 5.75. The van der Waals surface area contributed by atoms with Gasteiger partial charge < -0.3 is 10.0 Å². The van der Waals surface area contributed by atoms with Gasteiger partial charge in [-0.25, -0.2) is 0 Å². The number of hydrogen-bond acceptors (Lipinski definition) is 2. The van der Waals surface area contributed by atoms with Gasteiger partial charge in [0.25, 0.3) is 0 Å². The molecule has 0 bridgehead atoms. The number of likely N-dealkylation sites (tertiary alicyclic amines) is 1. The molecule has 4 atom stereocenters. The maximum absolute atomic E-state index is 11.9. The van der Waals surface area contributed by atoms with Crippen LogP contribution in [0.1, 0.15) is 92.1 Å². The number of carbonyl (C=O) groups is 1. The predicted molar refractivity (Wildman–Crippen MR) is 134 cm³/mol. The first-order chi connectivity index (χ1) is 15.0. The monoisotopic (exact) mass is 429 g/mol. The van der Waals surface area contributed by atoms with Crippen LogP contribution >= 0.6 is 0 Å². The van der Waals surface area contributed by atoms with Gasteiger partial charge in [0.2, 0.25) is 0 Å². The molecule has 3 heteroatoms.